The molecule has 3 aromatic heterocycles. The van der Waals surface area contributed by atoms with Gasteiger partial charge < -0.3 is 19.4 Å². The second-order valence-electron chi connectivity index (χ2n) is 7.66. The number of anilines is 1. The lowest BCUT2D eigenvalue weighted by Gasteiger charge is -2.41. The Hall–Kier alpha value is -2.92. The number of aryl methyl sites for hydroxylation is 1. The van der Waals surface area contributed by atoms with E-state index >= 15 is 0 Å². The van der Waals surface area contributed by atoms with Gasteiger partial charge >= 0.3 is 0 Å². The van der Waals surface area contributed by atoms with E-state index in [1.807, 2.05) is 17.2 Å². The molecule has 0 saturated carbocycles. The van der Waals surface area contributed by atoms with Crippen molar-refractivity contribution in [2.45, 2.75) is 29.8 Å². The summed E-state index contributed by atoms with van der Waals surface area (Å²) in [6, 6.07) is 3.40. The van der Waals surface area contributed by atoms with Gasteiger partial charge in [0, 0.05) is 32.5 Å². The third kappa shape index (κ3) is 2.88. The number of aromatic amines is 1. The maximum Gasteiger partial charge on any atom is 0.271 e. The molecule has 3 N–H and O–H groups in total. The summed E-state index contributed by atoms with van der Waals surface area (Å²) < 4.78 is 24.8. The number of rotatable bonds is 3. The minimum absolute atomic E-state index is 0.0399. The number of piperazine rings is 1. The van der Waals surface area contributed by atoms with Gasteiger partial charge in [0.1, 0.15) is 28.4 Å². The van der Waals surface area contributed by atoms with Crippen molar-refractivity contribution in [1.82, 2.24) is 24.4 Å². The van der Waals surface area contributed by atoms with Crippen molar-refractivity contribution in [3.05, 3.63) is 36.5 Å². The first-order valence-electron chi connectivity index (χ1n) is 9.38. The van der Waals surface area contributed by atoms with Gasteiger partial charge in [-0.2, -0.15) is 0 Å². The van der Waals surface area contributed by atoms with Crippen molar-refractivity contribution in [1.29, 1.82) is 0 Å². The first-order chi connectivity index (χ1) is 13.8. The first-order valence-corrected chi connectivity index (χ1v) is 10.9. The van der Waals surface area contributed by atoms with Crippen molar-refractivity contribution in [3.8, 4) is 0 Å². The number of amides is 1. The smallest absolute Gasteiger partial charge is 0.271 e. The molecule has 0 radical (unpaired) electrons. The molecule has 3 aromatic rings. The highest BCUT2D eigenvalue weighted by molar-refractivity contribution is 7.89. The van der Waals surface area contributed by atoms with E-state index in [9.17, 15) is 13.2 Å². The Labute approximate surface area is 167 Å². The van der Waals surface area contributed by atoms with Crippen LogP contribution in [0.15, 0.2) is 35.7 Å². The Morgan fingerprint density at radius 3 is 2.62 bits per heavy atom. The SMILES string of the molecule is Cn1cc(S(N)(=O)=O)cc1C(=O)N1C2CCC1CN(c1ncnc3[nH]ccc13)C2. The summed E-state index contributed by atoms with van der Waals surface area (Å²) in [5.41, 5.74) is 1.12. The highest BCUT2D eigenvalue weighted by Crippen LogP contribution is 2.35. The summed E-state index contributed by atoms with van der Waals surface area (Å²) in [7, 11) is -2.20. The molecule has 11 heteroatoms. The Balaban J connectivity index is 1.43. The van der Waals surface area contributed by atoms with Crippen molar-refractivity contribution in [2.75, 3.05) is 18.0 Å². The van der Waals surface area contributed by atoms with Crippen molar-refractivity contribution in [2.24, 2.45) is 12.2 Å². The van der Waals surface area contributed by atoms with Crippen LogP contribution in [0.25, 0.3) is 11.0 Å². The summed E-state index contributed by atoms with van der Waals surface area (Å²) in [5.74, 6) is 0.708. The number of hydrogen-bond donors (Lipinski definition) is 2. The topological polar surface area (TPSA) is 130 Å². The summed E-state index contributed by atoms with van der Waals surface area (Å²) in [6.45, 7) is 1.35. The average Bonchev–Trinajstić information content (AvgIpc) is 3.36. The van der Waals surface area contributed by atoms with Gasteiger partial charge in [-0.25, -0.2) is 23.5 Å². The average molecular weight is 415 g/mol. The number of fused-ring (bicyclic) bond motifs is 3. The number of nitrogens with one attached hydrogen (secondary N) is 1. The number of hydrogen-bond acceptors (Lipinski definition) is 6. The highest BCUT2D eigenvalue weighted by Gasteiger charge is 2.44. The van der Waals surface area contributed by atoms with E-state index in [4.69, 9.17) is 5.14 Å². The number of carbonyl (C=O) groups is 1. The van der Waals surface area contributed by atoms with Gasteiger partial charge in [0.15, 0.2) is 0 Å². The van der Waals surface area contributed by atoms with Gasteiger partial charge in [-0.05, 0) is 25.0 Å². The molecular formula is C18H21N7O3S. The summed E-state index contributed by atoms with van der Waals surface area (Å²) in [5, 5.41) is 6.18. The first kappa shape index (κ1) is 18.1. The zero-order valence-corrected chi connectivity index (χ0v) is 16.6. The molecule has 29 heavy (non-hydrogen) atoms. The normalized spacial score (nSPS) is 21.9. The molecule has 5 heterocycles. The number of carbonyl (C=O) groups excluding carboxylic acids is 1. The lowest BCUT2D eigenvalue weighted by Crippen LogP contribution is -2.56. The molecule has 2 unspecified atom stereocenters. The van der Waals surface area contributed by atoms with Crippen LogP contribution in [0.4, 0.5) is 5.82 Å². The van der Waals surface area contributed by atoms with Crippen molar-refractivity contribution < 1.29 is 13.2 Å². The van der Waals surface area contributed by atoms with Gasteiger partial charge in [-0.1, -0.05) is 0 Å². The van der Waals surface area contributed by atoms with Crippen molar-refractivity contribution in [3.63, 3.8) is 0 Å². The number of sulfonamides is 1. The molecule has 2 atom stereocenters. The molecule has 2 fully saturated rings. The Bertz CT molecular complexity index is 1200. The van der Waals surface area contributed by atoms with Gasteiger partial charge in [0.2, 0.25) is 10.0 Å². The van der Waals surface area contributed by atoms with Gasteiger partial charge in [0.05, 0.1) is 17.5 Å². The summed E-state index contributed by atoms with van der Waals surface area (Å²) >= 11 is 0. The Morgan fingerprint density at radius 1 is 1.24 bits per heavy atom. The molecule has 2 aliphatic heterocycles. The molecule has 0 spiro atoms. The minimum atomic E-state index is -3.86. The lowest BCUT2D eigenvalue weighted by atomic mass is 10.1. The zero-order valence-electron chi connectivity index (χ0n) is 15.8. The van der Waals surface area contributed by atoms with E-state index in [1.54, 1.807) is 13.4 Å². The third-order valence-corrected chi connectivity index (χ3v) is 6.76. The fourth-order valence-corrected chi connectivity index (χ4v) is 5.13. The molecule has 2 saturated heterocycles. The largest absolute Gasteiger partial charge is 0.352 e. The quantitative estimate of drug-likeness (QED) is 0.638. The van der Waals surface area contributed by atoms with Crippen LogP contribution in [-0.4, -0.2) is 63.9 Å². The van der Waals surface area contributed by atoms with E-state index in [1.165, 1.54) is 16.8 Å². The van der Waals surface area contributed by atoms with Gasteiger partial charge in [-0.3, -0.25) is 4.79 Å². The van der Waals surface area contributed by atoms with Gasteiger partial charge in [0.25, 0.3) is 5.91 Å². The summed E-state index contributed by atoms with van der Waals surface area (Å²) in [6.07, 6.45) is 6.58. The molecular weight excluding hydrogens is 394 g/mol. The highest BCUT2D eigenvalue weighted by atomic mass is 32.2. The van der Waals surface area contributed by atoms with Crippen LogP contribution < -0.4 is 10.0 Å². The molecule has 152 valence electrons. The monoisotopic (exact) mass is 415 g/mol. The summed E-state index contributed by atoms with van der Waals surface area (Å²) in [4.78, 5) is 29.1. The standard InChI is InChI=1S/C18H21N7O3S/c1-23-9-13(29(19,27)28)6-15(23)18(26)25-11-2-3-12(25)8-24(7-11)17-14-4-5-20-16(14)21-10-22-17/h4-6,9-12H,2-3,7-8H2,1H3,(H2,19,27,28)(H,20,21,22). The van der Waals surface area contributed by atoms with Crippen LogP contribution in [0.2, 0.25) is 0 Å². The van der Waals surface area contributed by atoms with Crippen LogP contribution in [0, 0.1) is 0 Å². The van der Waals surface area contributed by atoms with Crippen LogP contribution in [0.3, 0.4) is 0 Å². The maximum absolute atomic E-state index is 13.3. The Kier molecular flexibility index (Phi) is 3.93. The van der Waals surface area contributed by atoms with E-state index in [2.05, 4.69) is 19.9 Å². The zero-order chi connectivity index (χ0) is 20.3. The van der Waals surface area contributed by atoms with E-state index in [-0.39, 0.29) is 22.9 Å². The molecule has 2 aliphatic rings. The third-order valence-electron chi connectivity index (χ3n) is 5.88. The minimum Gasteiger partial charge on any atom is -0.352 e. The second kappa shape index (κ2) is 6.29. The number of primary sulfonamides is 1. The van der Waals surface area contributed by atoms with Crippen LogP contribution in [-0.2, 0) is 17.1 Å². The molecule has 2 bridgehead atoms. The number of nitrogens with zero attached hydrogens (tertiary/aromatic N) is 5. The number of H-pyrrole nitrogens is 1. The Morgan fingerprint density at radius 2 is 1.97 bits per heavy atom. The molecule has 0 aliphatic carbocycles. The van der Waals surface area contributed by atoms with E-state index in [0.717, 1.165) is 29.7 Å². The van der Waals surface area contributed by atoms with Crippen LogP contribution >= 0.6 is 0 Å². The lowest BCUT2D eigenvalue weighted by molar-refractivity contribution is 0.0631. The maximum atomic E-state index is 13.3. The van der Waals surface area contributed by atoms with Crippen molar-refractivity contribution >= 4 is 32.8 Å². The number of nitrogens with two attached hydrogens (primary N) is 1. The van der Waals surface area contributed by atoms with E-state index < -0.39 is 10.0 Å². The predicted octanol–water partition coefficient (Wildman–Crippen LogP) is 0.437. The van der Waals surface area contributed by atoms with Gasteiger partial charge in [-0.15, -0.1) is 0 Å². The molecule has 0 aromatic carbocycles. The van der Waals surface area contributed by atoms with Crippen LogP contribution in [0.5, 0.6) is 0 Å². The second-order valence-corrected chi connectivity index (χ2v) is 9.22. The predicted molar refractivity (Wildman–Crippen MR) is 106 cm³/mol. The molecule has 10 nitrogen and oxygen atoms in total. The number of aromatic nitrogens is 4. The fourth-order valence-electron chi connectivity index (χ4n) is 4.55. The molecule has 1 amide bonds. The van der Waals surface area contributed by atoms with Crippen LogP contribution in [0.1, 0.15) is 23.3 Å². The molecule has 5 rings (SSSR count). The fraction of sp³-hybridized carbons (Fsp3) is 0.389. The van der Waals surface area contributed by atoms with E-state index in [0.29, 0.717) is 18.8 Å².